The lowest BCUT2D eigenvalue weighted by atomic mass is 10.0. The van der Waals surface area contributed by atoms with Crippen LogP contribution in [0.5, 0.6) is 0 Å². The van der Waals surface area contributed by atoms with Gasteiger partial charge in [0, 0.05) is 6.42 Å². The van der Waals surface area contributed by atoms with Crippen LogP contribution in [-0.4, -0.2) is 12.3 Å². The Hall–Kier alpha value is -0.890. The van der Waals surface area contributed by atoms with Crippen LogP contribution in [0.1, 0.15) is 12.8 Å². The largest absolute Gasteiger partial charge is 0.330 e. The molecule has 0 aromatic carbocycles. The molecule has 10 heavy (non-hydrogen) atoms. The molecule has 0 bridgehead atoms. The van der Waals surface area contributed by atoms with Crippen LogP contribution in [0, 0.1) is 0 Å². The van der Waals surface area contributed by atoms with Crippen molar-refractivity contribution in [2.45, 2.75) is 12.8 Å². The quantitative estimate of drug-likeness (QED) is 0.611. The standard InChI is InChI=1S/C8H11NO/c9-6-5-7-1-3-8(10)4-2-7/h1-3H,4-6,9H2. The molecular weight excluding hydrogens is 126 g/mol. The summed E-state index contributed by atoms with van der Waals surface area (Å²) in [5.41, 5.74) is 6.52. The molecule has 54 valence electrons. The first kappa shape index (κ1) is 7.22. The molecule has 0 saturated carbocycles. The molecule has 2 heteroatoms. The highest BCUT2D eigenvalue weighted by atomic mass is 16.1. The van der Waals surface area contributed by atoms with E-state index in [1.165, 1.54) is 5.57 Å². The lowest BCUT2D eigenvalue weighted by Crippen LogP contribution is -2.02. The van der Waals surface area contributed by atoms with Crippen molar-refractivity contribution in [3.63, 3.8) is 0 Å². The van der Waals surface area contributed by atoms with Crippen LogP contribution in [0.15, 0.2) is 23.8 Å². The summed E-state index contributed by atoms with van der Waals surface area (Å²) < 4.78 is 0. The Morgan fingerprint density at radius 2 is 2.30 bits per heavy atom. The van der Waals surface area contributed by atoms with Gasteiger partial charge in [-0.25, -0.2) is 0 Å². The molecule has 0 radical (unpaired) electrons. The minimum atomic E-state index is 0.181. The number of rotatable bonds is 2. The highest BCUT2D eigenvalue weighted by molar-refractivity contribution is 5.92. The molecule has 2 nitrogen and oxygen atoms in total. The van der Waals surface area contributed by atoms with Gasteiger partial charge in [-0.3, -0.25) is 4.79 Å². The first-order valence-corrected chi connectivity index (χ1v) is 3.43. The van der Waals surface area contributed by atoms with Gasteiger partial charge in [0.2, 0.25) is 0 Å². The van der Waals surface area contributed by atoms with Crippen LogP contribution >= 0.6 is 0 Å². The van der Waals surface area contributed by atoms with Gasteiger partial charge in [-0.1, -0.05) is 17.7 Å². The van der Waals surface area contributed by atoms with E-state index in [0.717, 1.165) is 6.42 Å². The van der Waals surface area contributed by atoms with Crippen molar-refractivity contribution in [3.8, 4) is 0 Å². The molecule has 0 spiro atoms. The highest BCUT2D eigenvalue weighted by Crippen LogP contribution is 2.09. The topological polar surface area (TPSA) is 43.1 Å². The highest BCUT2D eigenvalue weighted by Gasteiger charge is 2.01. The van der Waals surface area contributed by atoms with Gasteiger partial charge < -0.3 is 5.73 Å². The minimum absolute atomic E-state index is 0.181. The fourth-order valence-electron chi connectivity index (χ4n) is 0.920. The van der Waals surface area contributed by atoms with Crippen molar-refractivity contribution in [2.75, 3.05) is 6.54 Å². The summed E-state index contributed by atoms with van der Waals surface area (Å²) in [7, 11) is 0. The molecular formula is C8H11NO. The zero-order valence-corrected chi connectivity index (χ0v) is 5.84. The minimum Gasteiger partial charge on any atom is -0.330 e. The maximum Gasteiger partial charge on any atom is 0.159 e. The Kier molecular flexibility index (Phi) is 2.40. The van der Waals surface area contributed by atoms with Crippen molar-refractivity contribution < 1.29 is 4.79 Å². The van der Waals surface area contributed by atoms with Gasteiger partial charge in [0.1, 0.15) is 0 Å². The van der Waals surface area contributed by atoms with E-state index in [9.17, 15) is 4.79 Å². The van der Waals surface area contributed by atoms with E-state index in [1.54, 1.807) is 6.08 Å². The maximum absolute atomic E-state index is 10.7. The van der Waals surface area contributed by atoms with Gasteiger partial charge >= 0.3 is 0 Å². The van der Waals surface area contributed by atoms with Gasteiger partial charge in [-0.15, -0.1) is 0 Å². The van der Waals surface area contributed by atoms with Crippen molar-refractivity contribution >= 4 is 5.78 Å². The van der Waals surface area contributed by atoms with Crippen molar-refractivity contribution in [1.29, 1.82) is 0 Å². The Labute approximate surface area is 60.4 Å². The lowest BCUT2D eigenvalue weighted by Gasteiger charge is -2.02. The third-order valence-electron chi connectivity index (χ3n) is 1.48. The van der Waals surface area contributed by atoms with E-state index < -0.39 is 0 Å². The molecule has 0 aromatic rings. The number of hydrogen-bond acceptors (Lipinski definition) is 2. The summed E-state index contributed by atoms with van der Waals surface area (Å²) in [6.07, 6.45) is 6.83. The molecule has 0 aromatic heterocycles. The van der Waals surface area contributed by atoms with E-state index in [0.29, 0.717) is 13.0 Å². The Morgan fingerprint density at radius 3 is 2.80 bits per heavy atom. The maximum atomic E-state index is 10.7. The summed E-state index contributed by atoms with van der Waals surface area (Å²) in [6, 6.07) is 0. The SMILES string of the molecule is NCCC1=CCC(=O)C=C1. The molecule has 0 unspecified atom stereocenters. The normalized spacial score (nSPS) is 17.3. The molecule has 0 heterocycles. The van der Waals surface area contributed by atoms with Crippen LogP contribution in [0.3, 0.4) is 0 Å². The lowest BCUT2D eigenvalue weighted by molar-refractivity contribution is -0.113. The van der Waals surface area contributed by atoms with Gasteiger partial charge in [0.25, 0.3) is 0 Å². The summed E-state index contributed by atoms with van der Waals surface area (Å²) in [6.45, 7) is 0.657. The molecule has 0 saturated heterocycles. The fourth-order valence-corrected chi connectivity index (χ4v) is 0.920. The van der Waals surface area contributed by atoms with Crippen LogP contribution in [0.4, 0.5) is 0 Å². The Morgan fingerprint density at radius 1 is 1.50 bits per heavy atom. The molecule has 2 N–H and O–H groups in total. The van der Waals surface area contributed by atoms with Gasteiger partial charge in [-0.05, 0) is 19.0 Å². The van der Waals surface area contributed by atoms with E-state index >= 15 is 0 Å². The molecule has 1 aliphatic carbocycles. The number of nitrogens with two attached hydrogens (primary N) is 1. The van der Waals surface area contributed by atoms with Gasteiger partial charge in [0.05, 0.1) is 0 Å². The number of carbonyl (C=O) groups is 1. The number of carbonyl (C=O) groups excluding carboxylic acids is 1. The van der Waals surface area contributed by atoms with Crippen molar-refractivity contribution in [1.82, 2.24) is 0 Å². The molecule has 0 amide bonds. The zero-order valence-electron chi connectivity index (χ0n) is 5.84. The third kappa shape index (κ3) is 1.81. The molecule has 0 atom stereocenters. The summed E-state index contributed by atoms with van der Waals surface area (Å²) >= 11 is 0. The predicted molar refractivity (Wildman–Crippen MR) is 40.5 cm³/mol. The van der Waals surface area contributed by atoms with E-state index in [1.807, 2.05) is 12.2 Å². The van der Waals surface area contributed by atoms with E-state index in [2.05, 4.69) is 0 Å². The van der Waals surface area contributed by atoms with Crippen molar-refractivity contribution in [2.24, 2.45) is 5.73 Å². The summed E-state index contributed by atoms with van der Waals surface area (Å²) in [5, 5.41) is 0. The summed E-state index contributed by atoms with van der Waals surface area (Å²) in [5.74, 6) is 0.181. The van der Waals surface area contributed by atoms with Gasteiger partial charge in [0.15, 0.2) is 5.78 Å². The molecule has 1 rings (SSSR count). The second kappa shape index (κ2) is 3.32. The second-order valence-corrected chi connectivity index (χ2v) is 2.32. The van der Waals surface area contributed by atoms with Crippen LogP contribution in [0.2, 0.25) is 0 Å². The van der Waals surface area contributed by atoms with Crippen LogP contribution in [0.25, 0.3) is 0 Å². The third-order valence-corrected chi connectivity index (χ3v) is 1.48. The fraction of sp³-hybridized carbons (Fsp3) is 0.375. The first-order chi connectivity index (χ1) is 4.83. The second-order valence-electron chi connectivity index (χ2n) is 2.32. The number of hydrogen-bond donors (Lipinski definition) is 1. The summed E-state index contributed by atoms with van der Waals surface area (Å²) in [4.78, 5) is 10.7. The molecule has 0 aliphatic heterocycles. The average Bonchev–Trinajstić information content (AvgIpc) is 1.95. The van der Waals surface area contributed by atoms with Crippen LogP contribution < -0.4 is 5.73 Å². The Balaban J connectivity index is 2.50. The molecule has 1 aliphatic rings. The van der Waals surface area contributed by atoms with E-state index in [4.69, 9.17) is 5.73 Å². The van der Waals surface area contributed by atoms with Crippen molar-refractivity contribution in [3.05, 3.63) is 23.8 Å². The molecule has 0 fully saturated rings. The monoisotopic (exact) mass is 137 g/mol. The average molecular weight is 137 g/mol. The number of allylic oxidation sites excluding steroid dienone is 3. The zero-order chi connectivity index (χ0) is 7.40. The predicted octanol–water partition coefficient (Wildman–Crippen LogP) is 0.791. The van der Waals surface area contributed by atoms with E-state index in [-0.39, 0.29) is 5.78 Å². The van der Waals surface area contributed by atoms with Gasteiger partial charge in [-0.2, -0.15) is 0 Å². The Bertz CT molecular complexity index is 191. The van der Waals surface area contributed by atoms with Crippen LogP contribution in [-0.2, 0) is 4.79 Å². The smallest absolute Gasteiger partial charge is 0.159 e. The number of ketones is 1. The first-order valence-electron chi connectivity index (χ1n) is 3.43.